The highest BCUT2D eigenvalue weighted by Gasteiger charge is 2.12. The van der Waals surface area contributed by atoms with Gasteiger partial charge in [0.25, 0.3) is 0 Å². The summed E-state index contributed by atoms with van der Waals surface area (Å²) in [5.74, 6) is 0.409. The van der Waals surface area contributed by atoms with Crippen LogP contribution in [0, 0.1) is 6.92 Å². The highest BCUT2D eigenvalue weighted by Crippen LogP contribution is 2.16. The SMILES string of the molecule is CCc1ccc(NC(=O)Cn2nnnc2-c2ccc(C)cc2)cc1. The van der Waals surface area contributed by atoms with E-state index in [2.05, 4.69) is 27.8 Å². The van der Waals surface area contributed by atoms with E-state index in [0.717, 1.165) is 23.2 Å². The fraction of sp³-hybridized carbons (Fsp3) is 0.222. The van der Waals surface area contributed by atoms with Crippen molar-refractivity contribution in [2.75, 3.05) is 5.32 Å². The van der Waals surface area contributed by atoms with Gasteiger partial charge in [0.05, 0.1) is 0 Å². The zero-order valence-corrected chi connectivity index (χ0v) is 13.7. The summed E-state index contributed by atoms with van der Waals surface area (Å²) < 4.78 is 1.50. The Balaban J connectivity index is 1.70. The quantitative estimate of drug-likeness (QED) is 0.784. The second kappa shape index (κ2) is 7.04. The third-order valence-corrected chi connectivity index (χ3v) is 3.78. The summed E-state index contributed by atoms with van der Waals surface area (Å²) in [6.45, 7) is 4.17. The monoisotopic (exact) mass is 321 g/mol. The van der Waals surface area contributed by atoms with Crippen LogP contribution in [-0.4, -0.2) is 26.1 Å². The van der Waals surface area contributed by atoms with Crippen LogP contribution in [0.1, 0.15) is 18.1 Å². The molecular formula is C18H19N5O. The van der Waals surface area contributed by atoms with E-state index in [0.29, 0.717) is 5.82 Å². The van der Waals surface area contributed by atoms with Crippen LogP contribution in [-0.2, 0) is 17.8 Å². The number of amides is 1. The Hall–Kier alpha value is -3.02. The Bertz CT molecular complexity index is 821. The minimum absolute atomic E-state index is 0.0612. The largest absolute Gasteiger partial charge is 0.324 e. The zero-order valence-electron chi connectivity index (χ0n) is 13.7. The Morgan fingerprint density at radius 1 is 1.08 bits per heavy atom. The molecule has 0 fully saturated rings. The molecule has 2 aromatic carbocycles. The third-order valence-electron chi connectivity index (χ3n) is 3.78. The Morgan fingerprint density at radius 3 is 2.46 bits per heavy atom. The van der Waals surface area contributed by atoms with Gasteiger partial charge in [0.1, 0.15) is 6.54 Å². The van der Waals surface area contributed by atoms with E-state index < -0.39 is 0 Å². The number of nitrogens with zero attached hydrogens (tertiary/aromatic N) is 4. The molecule has 0 aliphatic carbocycles. The molecule has 0 aliphatic rings. The maximum atomic E-state index is 12.2. The summed E-state index contributed by atoms with van der Waals surface area (Å²) >= 11 is 0. The van der Waals surface area contributed by atoms with Crippen molar-refractivity contribution in [2.45, 2.75) is 26.8 Å². The molecule has 0 atom stereocenters. The Morgan fingerprint density at radius 2 is 1.79 bits per heavy atom. The van der Waals surface area contributed by atoms with Gasteiger partial charge in [-0.3, -0.25) is 4.79 Å². The molecule has 24 heavy (non-hydrogen) atoms. The molecule has 0 unspecified atom stereocenters. The first-order chi connectivity index (χ1) is 11.7. The average Bonchev–Trinajstić information content (AvgIpc) is 3.04. The number of hydrogen-bond acceptors (Lipinski definition) is 4. The molecule has 1 N–H and O–H groups in total. The normalized spacial score (nSPS) is 10.6. The van der Waals surface area contributed by atoms with Gasteiger partial charge in [-0.25, -0.2) is 4.68 Å². The summed E-state index contributed by atoms with van der Waals surface area (Å²) in [7, 11) is 0. The van der Waals surface area contributed by atoms with Gasteiger partial charge < -0.3 is 5.32 Å². The van der Waals surface area contributed by atoms with Gasteiger partial charge in [0.2, 0.25) is 5.91 Å². The lowest BCUT2D eigenvalue weighted by Gasteiger charge is -2.07. The number of carbonyl (C=O) groups excluding carboxylic acids is 1. The maximum Gasteiger partial charge on any atom is 0.246 e. The lowest BCUT2D eigenvalue weighted by molar-refractivity contribution is -0.116. The highest BCUT2D eigenvalue weighted by molar-refractivity contribution is 5.90. The molecule has 3 rings (SSSR count). The minimum Gasteiger partial charge on any atom is -0.324 e. The molecule has 1 amide bonds. The molecule has 0 saturated carbocycles. The Kier molecular flexibility index (Phi) is 4.65. The average molecular weight is 321 g/mol. The van der Waals surface area contributed by atoms with E-state index in [4.69, 9.17) is 0 Å². The number of rotatable bonds is 5. The van der Waals surface area contributed by atoms with Crippen molar-refractivity contribution in [2.24, 2.45) is 0 Å². The first kappa shape index (κ1) is 15.9. The first-order valence-electron chi connectivity index (χ1n) is 7.87. The van der Waals surface area contributed by atoms with Crippen LogP contribution in [0.2, 0.25) is 0 Å². The summed E-state index contributed by atoms with van der Waals surface area (Å²) in [4.78, 5) is 12.2. The number of carbonyl (C=O) groups is 1. The molecule has 3 aromatic rings. The zero-order chi connectivity index (χ0) is 16.9. The molecule has 6 heteroatoms. The number of anilines is 1. The minimum atomic E-state index is -0.167. The standard InChI is InChI=1S/C18H19N5O/c1-3-14-6-10-16(11-7-14)19-17(24)12-23-18(20-21-22-23)15-8-4-13(2)5-9-15/h4-11H,3,12H2,1-2H3,(H,19,24). The van der Waals surface area contributed by atoms with E-state index >= 15 is 0 Å². The van der Waals surface area contributed by atoms with Crippen LogP contribution in [0.5, 0.6) is 0 Å². The Labute approximate surface area is 140 Å². The van der Waals surface area contributed by atoms with Gasteiger partial charge in [0.15, 0.2) is 5.82 Å². The van der Waals surface area contributed by atoms with Crippen molar-refractivity contribution >= 4 is 11.6 Å². The van der Waals surface area contributed by atoms with E-state index in [1.165, 1.54) is 10.2 Å². The third kappa shape index (κ3) is 3.65. The van der Waals surface area contributed by atoms with Gasteiger partial charge in [0, 0.05) is 11.3 Å². The fourth-order valence-corrected chi connectivity index (χ4v) is 2.38. The second-order valence-corrected chi connectivity index (χ2v) is 5.62. The number of nitrogens with one attached hydrogen (secondary N) is 1. The lowest BCUT2D eigenvalue weighted by Crippen LogP contribution is -2.20. The van der Waals surface area contributed by atoms with Gasteiger partial charge in [-0.05, 0) is 41.5 Å². The molecule has 0 bridgehead atoms. The summed E-state index contributed by atoms with van der Waals surface area (Å²) in [6.07, 6.45) is 0.971. The summed E-state index contributed by atoms with van der Waals surface area (Å²) in [5, 5.41) is 14.5. The summed E-state index contributed by atoms with van der Waals surface area (Å²) in [5.41, 5.74) is 4.04. The number of aryl methyl sites for hydroxylation is 2. The van der Waals surface area contributed by atoms with Crippen LogP contribution in [0.25, 0.3) is 11.4 Å². The lowest BCUT2D eigenvalue weighted by atomic mass is 10.1. The number of benzene rings is 2. The number of tetrazole rings is 1. The summed E-state index contributed by atoms with van der Waals surface area (Å²) in [6, 6.07) is 15.7. The highest BCUT2D eigenvalue weighted by atomic mass is 16.2. The van der Waals surface area contributed by atoms with Crippen LogP contribution in [0.3, 0.4) is 0 Å². The number of aromatic nitrogens is 4. The van der Waals surface area contributed by atoms with Gasteiger partial charge in [-0.15, -0.1) is 5.10 Å². The topological polar surface area (TPSA) is 72.7 Å². The van der Waals surface area contributed by atoms with E-state index in [1.54, 1.807) is 0 Å². The van der Waals surface area contributed by atoms with Crippen molar-refractivity contribution in [3.8, 4) is 11.4 Å². The predicted molar refractivity (Wildman–Crippen MR) is 92.4 cm³/mol. The van der Waals surface area contributed by atoms with Crippen molar-refractivity contribution < 1.29 is 4.79 Å². The van der Waals surface area contributed by atoms with Crippen LogP contribution < -0.4 is 5.32 Å². The van der Waals surface area contributed by atoms with Crippen molar-refractivity contribution in [1.82, 2.24) is 20.2 Å². The van der Waals surface area contributed by atoms with E-state index in [9.17, 15) is 4.79 Å². The maximum absolute atomic E-state index is 12.2. The molecule has 6 nitrogen and oxygen atoms in total. The molecule has 0 spiro atoms. The van der Waals surface area contributed by atoms with Crippen molar-refractivity contribution in [3.05, 3.63) is 59.7 Å². The first-order valence-corrected chi connectivity index (χ1v) is 7.87. The smallest absolute Gasteiger partial charge is 0.246 e. The molecule has 0 saturated heterocycles. The predicted octanol–water partition coefficient (Wildman–Crippen LogP) is 2.85. The van der Waals surface area contributed by atoms with Crippen LogP contribution in [0.15, 0.2) is 48.5 Å². The number of hydrogen-bond donors (Lipinski definition) is 1. The van der Waals surface area contributed by atoms with E-state index in [1.807, 2.05) is 55.5 Å². The van der Waals surface area contributed by atoms with Gasteiger partial charge >= 0.3 is 0 Å². The van der Waals surface area contributed by atoms with Crippen molar-refractivity contribution in [3.63, 3.8) is 0 Å². The van der Waals surface area contributed by atoms with Gasteiger partial charge in [-0.1, -0.05) is 48.9 Å². The van der Waals surface area contributed by atoms with Crippen LogP contribution >= 0.6 is 0 Å². The molecule has 1 aromatic heterocycles. The van der Waals surface area contributed by atoms with E-state index in [-0.39, 0.29) is 12.5 Å². The molecular weight excluding hydrogens is 302 g/mol. The molecule has 1 heterocycles. The second-order valence-electron chi connectivity index (χ2n) is 5.62. The molecule has 0 aliphatic heterocycles. The van der Waals surface area contributed by atoms with Crippen LogP contribution in [0.4, 0.5) is 5.69 Å². The molecule has 0 radical (unpaired) electrons. The van der Waals surface area contributed by atoms with Gasteiger partial charge in [-0.2, -0.15) is 0 Å². The fourth-order valence-electron chi connectivity index (χ4n) is 2.38. The van der Waals surface area contributed by atoms with Crippen molar-refractivity contribution in [1.29, 1.82) is 0 Å². The molecule has 122 valence electrons.